The fourth-order valence-corrected chi connectivity index (χ4v) is 2.57. The lowest BCUT2D eigenvalue weighted by molar-refractivity contribution is -0.129. The summed E-state index contributed by atoms with van der Waals surface area (Å²) >= 11 is 0. The Morgan fingerprint density at radius 3 is 1.29 bits per heavy atom. The molecule has 154 valence electrons. The molecule has 3 aromatic carbocycles. The molecule has 31 heavy (non-hydrogen) atoms. The predicted octanol–water partition coefficient (Wildman–Crippen LogP) is 4.76. The molecule has 0 radical (unpaired) electrons. The van der Waals surface area contributed by atoms with Gasteiger partial charge >= 0.3 is 17.9 Å². The Balaban J connectivity index is 1.63. The second-order valence-electron chi connectivity index (χ2n) is 6.21. The van der Waals surface area contributed by atoms with Crippen molar-refractivity contribution in [1.82, 2.24) is 0 Å². The molecule has 3 rings (SSSR count). The standard InChI is InChI=1S/C25H18O6/c1-3-23(26)29-20-11-5-17(6-12-20)18-7-13-22(14-8-18)31-25(28)19-9-15-21(16-10-19)30-24(27)4-2/h3-16H,1-2H2. The summed E-state index contributed by atoms with van der Waals surface area (Å²) in [5.74, 6) is -0.537. The van der Waals surface area contributed by atoms with E-state index in [1.807, 2.05) is 24.3 Å². The molecule has 0 N–H and O–H groups in total. The minimum absolute atomic E-state index is 0.302. The summed E-state index contributed by atoms with van der Waals surface area (Å²) in [7, 11) is 0. The van der Waals surface area contributed by atoms with Crippen molar-refractivity contribution in [2.45, 2.75) is 0 Å². The van der Waals surface area contributed by atoms with Crippen molar-refractivity contribution in [1.29, 1.82) is 0 Å². The molecule has 0 aromatic heterocycles. The Kier molecular flexibility index (Phi) is 6.75. The first-order valence-electron chi connectivity index (χ1n) is 9.20. The van der Waals surface area contributed by atoms with Crippen LogP contribution in [0.15, 0.2) is 98.1 Å². The van der Waals surface area contributed by atoms with Gasteiger partial charge in [0.05, 0.1) is 5.56 Å². The van der Waals surface area contributed by atoms with Crippen molar-refractivity contribution in [2.24, 2.45) is 0 Å². The van der Waals surface area contributed by atoms with Crippen molar-refractivity contribution in [3.8, 4) is 28.4 Å². The van der Waals surface area contributed by atoms with Gasteiger partial charge in [0, 0.05) is 12.2 Å². The predicted molar refractivity (Wildman–Crippen MR) is 115 cm³/mol. The van der Waals surface area contributed by atoms with E-state index in [0.717, 1.165) is 23.3 Å². The second kappa shape index (κ2) is 9.84. The third kappa shape index (κ3) is 5.77. The van der Waals surface area contributed by atoms with Crippen LogP contribution in [0.4, 0.5) is 0 Å². The summed E-state index contributed by atoms with van der Waals surface area (Å²) in [6.07, 6.45) is 2.15. The molecule has 0 amide bonds. The maximum atomic E-state index is 12.3. The first kappa shape index (κ1) is 21.3. The molecule has 0 bridgehead atoms. The van der Waals surface area contributed by atoms with E-state index in [9.17, 15) is 14.4 Å². The van der Waals surface area contributed by atoms with Crippen molar-refractivity contribution < 1.29 is 28.6 Å². The van der Waals surface area contributed by atoms with Crippen LogP contribution >= 0.6 is 0 Å². The average Bonchev–Trinajstić information content (AvgIpc) is 2.80. The van der Waals surface area contributed by atoms with Gasteiger partial charge in [0.15, 0.2) is 0 Å². The number of benzene rings is 3. The summed E-state index contributed by atoms with van der Waals surface area (Å²) in [4.78, 5) is 34.7. The van der Waals surface area contributed by atoms with Gasteiger partial charge in [-0.3, -0.25) is 0 Å². The van der Waals surface area contributed by atoms with E-state index in [4.69, 9.17) is 14.2 Å². The largest absolute Gasteiger partial charge is 0.423 e. The third-order valence-electron chi connectivity index (χ3n) is 4.11. The zero-order valence-electron chi connectivity index (χ0n) is 16.4. The Labute approximate surface area is 179 Å². The quantitative estimate of drug-likeness (QED) is 0.315. The fraction of sp³-hybridized carbons (Fsp3) is 0. The van der Waals surface area contributed by atoms with Gasteiger partial charge < -0.3 is 14.2 Å². The van der Waals surface area contributed by atoms with E-state index in [-0.39, 0.29) is 0 Å². The Morgan fingerprint density at radius 2 is 0.903 bits per heavy atom. The zero-order chi connectivity index (χ0) is 22.2. The van der Waals surface area contributed by atoms with Crippen LogP contribution in [0.25, 0.3) is 11.1 Å². The number of hydrogen-bond acceptors (Lipinski definition) is 6. The van der Waals surface area contributed by atoms with Gasteiger partial charge in [0.25, 0.3) is 0 Å². The highest BCUT2D eigenvalue weighted by molar-refractivity contribution is 5.91. The molecule has 0 aliphatic rings. The lowest BCUT2D eigenvalue weighted by Gasteiger charge is -2.08. The molecule has 0 aliphatic heterocycles. The minimum Gasteiger partial charge on any atom is -0.423 e. The van der Waals surface area contributed by atoms with Gasteiger partial charge in [-0.1, -0.05) is 37.4 Å². The van der Waals surface area contributed by atoms with Crippen LogP contribution in [-0.2, 0) is 9.59 Å². The smallest absolute Gasteiger partial charge is 0.343 e. The SMILES string of the molecule is C=CC(=O)Oc1ccc(C(=O)Oc2ccc(-c3ccc(OC(=O)C=C)cc3)cc2)cc1. The highest BCUT2D eigenvalue weighted by atomic mass is 16.5. The van der Waals surface area contributed by atoms with E-state index < -0.39 is 17.9 Å². The van der Waals surface area contributed by atoms with E-state index in [2.05, 4.69) is 13.2 Å². The first-order chi connectivity index (χ1) is 15.0. The van der Waals surface area contributed by atoms with Crippen molar-refractivity contribution in [2.75, 3.05) is 0 Å². The lowest BCUT2D eigenvalue weighted by Crippen LogP contribution is -2.09. The van der Waals surface area contributed by atoms with Crippen LogP contribution in [0, 0.1) is 0 Å². The van der Waals surface area contributed by atoms with E-state index in [1.54, 1.807) is 24.3 Å². The highest BCUT2D eigenvalue weighted by Gasteiger charge is 2.10. The number of ether oxygens (including phenoxy) is 3. The molecule has 0 fully saturated rings. The molecule has 3 aromatic rings. The average molecular weight is 414 g/mol. The van der Waals surface area contributed by atoms with Crippen LogP contribution in [-0.4, -0.2) is 17.9 Å². The molecule has 6 heteroatoms. The first-order valence-corrected chi connectivity index (χ1v) is 9.20. The molecule has 0 saturated carbocycles. The monoisotopic (exact) mass is 414 g/mol. The molecule has 0 atom stereocenters. The highest BCUT2D eigenvalue weighted by Crippen LogP contribution is 2.25. The molecular formula is C25H18O6. The van der Waals surface area contributed by atoms with Gasteiger partial charge in [0.2, 0.25) is 0 Å². The lowest BCUT2D eigenvalue weighted by atomic mass is 10.1. The Morgan fingerprint density at radius 1 is 0.548 bits per heavy atom. The fourth-order valence-electron chi connectivity index (χ4n) is 2.57. The Hall–Kier alpha value is -4.45. The molecule has 0 unspecified atom stereocenters. The molecule has 0 heterocycles. The summed E-state index contributed by atoms with van der Waals surface area (Å²) < 4.78 is 15.4. The maximum absolute atomic E-state index is 12.3. The number of carbonyl (C=O) groups is 3. The van der Waals surface area contributed by atoms with Crippen LogP contribution in [0.5, 0.6) is 17.2 Å². The third-order valence-corrected chi connectivity index (χ3v) is 4.11. The van der Waals surface area contributed by atoms with Crippen LogP contribution in [0.1, 0.15) is 10.4 Å². The summed E-state index contributed by atoms with van der Waals surface area (Å²) in [5.41, 5.74) is 2.11. The topological polar surface area (TPSA) is 78.9 Å². The van der Waals surface area contributed by atoms with Gasteiger partial charge in [-0.25, -0.2) is 14.4 Å². The molecule has 6 nitrogen and oxygen atoms in total. The van der Waals surface area contributed by atoms with Gasteiger partial charge in [-0.2, -0.15) is 0 Å². The summed E-state index contributed by atoms with van der Waals surface area (Å²) in [5, 5.41) is 0. The van der Waals surface area contributed by atoms with Crippen molar-refractivity contribution in [3.05, 3.63) is 104 Å². The molecule has 0 saturated heterocycles. The number of esters is 3. The van der Waals surface area contributed by atoms with Crippen LogP contribution in [0.3, 0.4) is 0 Å². The molecule has 0 spiro atoms. The number of hydrogen-bond donors (Lipinski definition) is 0. The van der Waals surface area contributed by atoms with Gasteiger partial charge in [0.1, 0.15) is 17.2 Å². The zero-order valence-corrected chi connectivity index (χ0v) is 16.4. The number of carbonyl (C=O) groups excluding carboxylic acids is 3. The second-order valence-corrected chi connectivity index (χ2v) is 6.21. The van der Waals surface area contributed by atoms with Crippen molar-refractivity contribution >= 4 is 17.9 Å². The molecular weight excluding hydrogens is 396 g/mol. The van der Waals surface area contributed by atoms with E-state index >= 15 is 0 Å². The summed E-state index contributed by atoms with van der Waals surface area (Å²) in [6, 6.07) is 20.0. The van der Waals surface area contributed by atoms with E-state index in [0.29, 0.717) is 22.8 Å². The van der Waals surface area contributed by atoms with Gasteiger partial charge in [-0.05, 0) is 59.7 Å². The van der Waals surface area contributed by atoms with Crippen LogP contribution < -0.4 is 14.2 Å². The van der Waals surface area contributed by atoms with Crippen LogP contribution in [0.2, 0.25) is 0 Å². The minimum atomic E-state index is -0.581. The van der Waals surface area contributed by atoms with E-state index in [1.165, 1.54) is 24.3 Å². The Bertz CT molecular complexity index is 1110. The maximum Gasteiger partial charge on any atom is 0.343 e. The summed E-state index contributed by atoms with van der Waals surface area (Å²) in [6.45, 7) is 6.68. The number of rotatable bonds is 7. The van der Waals surface area contributed by atoms with Crippen molar-refractivity contribution in [3.63, 3.8) is 0 Å². The van der Waals surface area contributed by atoms with Gasteiger partial charge in [-0.15, -0.1) is 0 Å². The normalized spacial score (nSPS) is 9.94. The molecule has 0 aliphatic carbocycles.